The minimum atomic E-state index is -1.20. The fourth-order valence-electron chi connectivity index (χ4n) is 3.63. The molecule has 0 aliphatic carbocycles. The Labute approximate surface area is 157 Å². The van der Waals surface area contributed by atoms with E-state index in [0.717, 1.165) is 16.2 Å². The number of benzene rings is 1. The first-order chi connectivity index (χ1) is 12.6. The van der Waals surface area contributed by atoms with Gasteiger partial charge in [-0.25, -0.2) is 9.48 Å². The molecule has 2 heterocycles. The highest BCUT2D eigenvalue weighted by Crippen LogP contribution is 2.34. The summed E-state index contributed by atoms with van der Waals surface area (Å²) in [4.78, 5) is 25.7. The number of hydroxylamine groups is 1. The van der Waals surface area contributed by atoms with Crippen LogP contribution in [-0.4, -0.2) is 48.6 Å². The molecular formula is C19H24N4O4. The molecule has 1 aromatic carbocycles. The van der Waals surface area contributed by atoms with Gasteiger partial charge in [-0.15, -0.1) is 0 Å². The molecule has 0 bridgehead atoms. The van der Waals surface area contributed by atoms with Gasteiger partial charge in [-0.3, -0.25) is 14.9 Å². The molecule has 0 unspecified atom stereocenters. The predicted octanol–water partition coefficient (Wildman–Crippen LogP) is 2.44. The molecule has 2 aromatic rings. The van der Waals surface area contributed by atoms with Crippen LogP contribution in [0.1, 0.15) is 37.6 Å². The van der Waals surface area contributed by atoms with E-state index in [4.69, 9.17) is 0 Å². The molecule has 0 saturated heterocycles. The number of rotatable bonds is 3. The van der Waals surface area contributed by atoms with E-state index >= 15 is 0 Å². The molecule has 8 heteroatoms. The first-order valence-corrected chi connectivity index (χ1v) is 8.75. The molecular weight excluding hydrogens is 348 g/mol. The average Bonchev–Trinajstić information content (AvgIpc) is 2.87. The zero-order valence-electron chi connectivity index (χ0n) is 15.9. The van der Waals surface area contributed by atoms with Gasteiger partial charge < -0.3 is 5.11 Å². The van der Waals surface area contributed by atoms with Crippen LogP contribution in [0.15, 0.2) is 30.3 Å². The summed E-state index contributed by atoms with van der Waals surface area (Å²) in [5.74, 6) is -0.379. The molecule has 1 aromatic heterocycles. The van der Waals surface area contributed by atoms with Gasteiger partial charge >= 0.3 is 6.09 Å². The number of nitrogens with zero attached hydrogens (tertiary/aromatic N) is 4. The van der Waals surface area contributed by atoms with Crippen LogP contribution in [0.2, 0.25) is 0 Å². The lowest BCUT2D eigenvalue weighted by atomic mass is 9.93. The summed E-state index contributed by atoms with van der Waals surface area (Å²) in [7, 11) is 1.66. The second-order valence-corrected chi connectivity index (χ2v) is 7.73. The van der Waals surface area contributed by atoms with E-state index in [-0.39, 0.29) is 6.42 Å². The topological polar surface area (TPSA) is 98.9 Å². The summed E-state index contributed by atoms with van der Waals surface area (Å²) < 4.78 is 1.46. The summed E-state index contributed by atoms with van der Waals surface area (Å²) in [6, 6.07) is 8.72. The molecule has 3 rings (SSSR count). The Bertz CT molecular complexity index is 870. The number of amides is 2. The van der Waals surface area contributed by atoms with Gasteiger partial charge in [-0.1, -0.05) is 30.3 Å². The maximum Gasteiger partial charge on any atom is 0.408 e. The quantitative estimate of drug-likeness (QED) is 0.806. The van der Waals surface area contributed by atoms with E-state index in [1.165, 1.54) is 4.68 Å². The molecule has 1 aliphatic rings. The van der Waals surface area contributed by atoms with Crippen LogP contribution >= 0.6 is 0 Å². The first kappa shape index (κ1) is 18.9. The molecule has 1 aliphatic heterocycles. The molecule has 0 spiro atoms. The summed E-state index contributed by atoms with van der Waals surface area (Å²) in [5, 5.41) is 25.1. The van der Waals surface area contributed by atoms with Gasteiger partial charge in [-0.2, -0.15) is 10.2 Å². The molecule has 0 fully saturated rings. The van der Waals surface area contributed by atoms with Gasteiger partial charge in [0.05, 0.1) is 5.69 Å². The predicted molar refractivity (Wildman–Crippen MR) is 98.8 cm³/mol. The van der Waals surface area contributed by atoms with Crippen molar-refractivity contribution in [1.82, 2.24) is 14.7 Å². The van der Waals surface area contributed by atoms with Crippen molar-refractivity contribution in [3.63, 3.8) is 0 Å². The second kappa shape index (κ2) is 6.70. The van der Waals surface area contributed by atoms with E-state index < -0.39 is 23.6 Å². The van der Waals surface area contributed by atoms with Gasteiger partial charge in [0.1, 0.15) is 6.04 Å². The SMILES string of the molecule is Cn1nc(Cc2ccccc2)c2c1N(O)C(=O)[C@@H](N(C(=O)O)C(C)(C)C)C2. The number of carbonyl (C=O) groups is 2. The van der Waals surface area contributed by atoms with Crippen LogP contribution in [-0.2, 0) is 24.7 Å². The van der Waals surface area contributed by atoms with Crippen molar-refractivity contribution < 1.29 is 19.9 Å². The van der Waals surface area contributed by atoms with E-state index in [9.17, 15) is 19.9 Å². The third kappa shape index (κ3) is 3.40. The largest absolute Gasteiger partial charge is 0.465 e. The average molecular weight is 372 g/mol. The van der Waals surface area contributed by atoms with Crippen LogP contribution in [0.4, 0.5) is 10.6 Å². The number of aromatic nitrogens is 2. The second-order valence-electron chi connectivity index (χ2n) is 7.73. The highest BCUT2D eigenvalue weighted by molar-refractivity contribution is 5.99. The fraction of sp³-hybridized carbons (Fsp3) is 0.421. The van der Waals surface area contributed by atoms with Crippen molar-refractivity contribution in [1.29, 1.82) is 0 Å². The number of aryl methyl sites for hydroxylation is 1. The molecule has 144 valence electrons. The third-order valence-corrected chi connectivity index (χ3v) is 4.74. The summed E-state index contributed by atoms with van der Waals surface area (Å²) in [6.07, 6.45) is -0.502. The molecule has 1 atom stereocenters. The van der Waals surface area contributed by atoms with Crippen molar-refractivity contribution in [3.05, 3.63) is 47.2 Å². The van der Waals surface area contributed by atoms with Crippen LogP contribution in [0.5, 0.6) is 0 Å². The number of hydrogen-bond donors (Lipinski definition) is 2. The zero-order chi connectivity index (χ0) is 19.9. The van der Waals surface area contributed by atoms with Crippen molar-refractivity contribution in [2.45, 2.75) is 45.2 Å². The number of anilines is 1. The lowest BCUT2D eigenvalue weighted by Gasteiger charge is -2.41. The first-order valence-electron chi connectivity index (χ1n) is 8.75. The maximum absolute atomic E-state index is 12.7. The normalized spacial score (nSPS) is 17.0. The van der Waals surface area contributed by atoms with Crippen LogP contribution < -0.4 is 5.06 Å². The Morgan fingerprint density at radius 3 is 2.48 bits per heavy atom. The summed E-state index contributed by atoms with van der Waals surface area (Å²) in [6.45, 7) is 5.17. The van der Waals surface area contributed by atoms with Gasteiger partial charge in [0, 0.05) is 31.0 Å². The molecule has 0 saturated carbocycles. The van der Waals surface area contributed by atoms with E-state index in [1.807, 2.05) is 30.3 Å². The van der Waals surface area contributed by atoms with Gasteiger partial charge in [0.25, 0.3) is 5.91 Å². The van der Waals surface area contributed by atoms with Gasteiger partial charge in [0.2, 0.25) is 0 Å². The smallest absolute Gasteiger partial charge is 0.408 e. The number of fused-ring (bicyclic) bond motifs is 1. The van der Waals surface area contributed by atoms with E-state index in [2.05, 4.69) is 5.10 Å². The number of hydrogen-bond acceptors (Lipinski definition) is 4. The summed E-state index contributed by atoms with van der Waals surface area (Å²) >= 11 is 0. The van der Waals surface area contributed by atoms with Crippen LogP contribution in [0, 0.1) is 0 Å². The van der Waals surface area contributed by atoms with Crippen molar-refractivity contribution >= 4 is 17.8 Å². The Morgan fingerprint density at radius 1 is 1.30 bits per heavy atom. The number of carboxylic acid groups (broad SMARTS) is 1. The third-order valence-electron chi connectivity index (χ3n) is 4.74. The molecule has 0 radical (unpaired) electrons. The standard InChI is InChI=1S/C19H24N4O4/c1-19(2,3)22(18(25)26)15-11-13-14(10-12-8-6-5-7-9-12)20-21(4)16(13)23(27)17(15)24/h5-9,15,27H,10-11H2,1-4H3,(H,25,26)/t15-/m0/s1. The van der Waals surface area contributed by atoms with Crippen molar-refractivity contribution in [3.8, 4) is 0 Å². The summed E-state index contributed by atoms with van der Waals surface area (Å²) in [5.41, 5.74) is 1.65. The minimum Gasteiger partial charge on any atom is -0.465 e. The van der Waals surface area contributed by atoms with Crippen molar-refractivity contribution in [2.24, 2.45) is 7.05 Å². The Balaban J connectivity index is 2.04. The maximum atomic E-state index is 12.7. The highest BCUT2D eigenvalue weighted by Gasteiger charge is 2.45. The van der Waals surface area contributed by atoms with Crippen molar-refractivity contribution in [2.75, 3.05) is 5.06 Å². The highest BCUT2D eigenvalue weighted by atomic mass is 16.5. The Kier molecular flexibility index (Phi) is 4.69. The van der Waals surface area contributed by atoms with Crippen LogP contribution in [0.25, 0.3) is 0 Å². The Hall–Kier alpha value is -2.87. The van der Waals surface area contributed by atoms with E-state index in [0.29, 0.717) is 22.9 Å². The fourth-order valence-corrected chi connectivity index (χ4v) is 3.63. The Morgan fingerprint density at radius 2 is 1.93 bits per heavy atom. The lowest BCUT2D eigenvalue weighted by molar-refractivity contribution is -0.131. The van der Waals surface area contributed by atoms with Gasteiger partial charge in [0.15, 0.2) is 5.82 Å². The monoisotopic (exact) mass is 372 g/mol. The molecule has 8 nitrogen and oxygen atoms in total. The minimum absolute atomic E-state index is 0.171. The lowest BCUT2D eigenvalue weighted by Crippen LogP contribution is -2.59. The van der Waals surface area contributed by atoms with Gasteiger partial charge in [-0.05, 0) is 26.3 Å². The number of carbonyl (C=O) groups excluding carboxylic acids is 1. The van der Waals surface area contributed by atoms with E-state index in [1.54, 1.807) is 27.8 Å². The zero-order valence-corrected chi connectivity index (χ0v) is 15.9. The molecule has 2 amide bonds. The molecule has 27 heavy (non-hydrogen) atoms. The molecule has 2 N–H and O–H groups in total. The van der Waals surface area contributed by atoms with Crippen LogP contribution in [0.3, 0.4) is 0 Å².